The number of hydrogen-bond acceptors (Lipinski definition) is 4. The van der Waals surface area contributed by atoms with Gasteiger partial charge in [0, 0.05) is 11.4 Å². The number of hydrogen-bond donors (Lipinski definition) is 3. The third-order valence-electron chi connectivity index (χ3n) is 3.59. The van der Waals surface area contributed by atoms with Crippen LogP contribution in [0.4, 0.5) is 0 Å². The summed E-state index contributed by atoms with van der Waals surface area (Å²) >= 11 is 1.41. The second-order valence-electron chi connectivity index (χ2n) is 5.24. The molecule has 4 nitrogen and oxygen atoms in total. The molecule has 1 unspecified atom stereocenters. The summed E-state index contributed by atoms with van der Waals surface area (Å²) in [6.45, 7) is -0.331. The average Bonchev–Trinajstić information content (AvgIpc) is 3.08. The fourth-order valence-corrected chi connectivity index (χ4v) is 3.37. The van der Waals surface area contributed by atoms with Gasteiger partial charge in [0.2, 0.25) is 0 Å². The second-order valence-corrected chi connectivity index (χ2v) is 6.32. The van der Waals surface area contributed by atoms with Gasteiger partial charge in [-0.1, -0.05) is 42.5 Å². The van der Waals surface area contributed by atoms with Gasteiger partial charge in [0.15, 0.2) is 0 Å². The number of thiophene rings is 1. The Bertz CT molecular complexity index is 823. The molecule has 1 amide bonds. The molecule has 118 valence electrons. The molecular formula is C18H17NO3S. The molecule has 1 aromatic heterocycles. The van der Waals surface area contributed by atoms with E-state index in [1.807, 2.05) is 30.3 Å². The van der Waals surface area contributed by atoms with Crippen molar-refractivity contribution >= 4 is 28.0 Å². The second kappa shape index (κ2) is 6.91. The lowest BCUT2D eigenvalue weighted by Gasteiger charge is -2.07. The molecule has 5 heteroatoms. The Morgan fingerprint density at radius 2 is 1.87 bits per heavy atom. The first-order valence-electron chi connectivity index (χ1n) is 7.34. The number of nitrogens with one attached hydrogen (secondary N) is 1. The van der Waals surface area contributed by atoms with Crippen LogP contribution in [0.3, 0.4) is 0 Å². The average molecular weight is 327 g/mol. The topological polar surface area (TPSA) is 69.6 Å². The van der Waals surface area contributed by atoms with Gasteiger partial charge in [-0.3, -0.25) is 4.79 Å². The Hall–Kier alpha value is -2.21. The van der Waals surface area contributed by atoms with Crippen LogP contribution in [0.15, 0.2) is 54.6 Å². The van der Waals surface area contributed by atoms with Crippen LogP contribution >= 0.6 is 11.3 Å². The fourth-order valence-electron chi connectivity index (χ4n) is 2.41. The quantitative estimate of drug-likeness (QED) is 0.675. The Balaban J connectivity index is 1.85. The number of fused-ring (bicyclic) bond motifs is 1. The van der Waals surface area contributed by atoms with Crippen LogP contribution in [0.1, 0.15) is 9.67 Å². The zero-order chi connectivity index (χ0) is 16.2. The van der Waals surface area contributed by atoms with Crippen molar-refractivity contribution in [3.8, 4) is 10.4 Å². The fraction of sp³-hybridized carbons (Fsp3) is 0.167. The molecule has 0 saturated carbocycles. The number of carbonyl (C=O) groups excluding carboxylic acids is 1. The predicted molar refractivity (Wildman–Crippen MR) is 92.7 cm³/mol. The van der Waals surface area contributed by atoms with Crippen LogP contribution in [-0.4, -0.2) is 35.4 Å². The summed E-state index contributed by atoms with van der Waals surface area (Å²) < 4.78 is 0. The van der Waals surface area contributed by atoms with Crippen molar-refractivity contribution < 1.29 is 15.0 Å². The summed E-state index contributed by atoms with van der Waals surface area (Å²) in [6, 6.07) is 18.0. The normalized spacial score (nSPS) is 12.3. The van der Waals surface area contributed by atoms with Gasteiger partial charge in [-0.2, -0.15) is 0 Å². The van der Waals surface area contributed by atoms with E-state index in [0.29, 0.717) is 4.88 Å². The van der Waals surface area contributed by atoms with E-state index >= 15 is 0 Å². The maximum absolute atomic E-state index is 12.1. The Labute approximate surface area is 138 Å². The molecule has 23 heavy (non-hydrogen) atoms. The van der Waals surface area contributed by atoms with Crippen LogP contribution in [0.25, 0.3) is 21.2 Å². The molecule has 0 aliphatic heterocycles. The third kappa shape index (κ3) is 3.42. The Morgan fingerprint density at radius 1 is 1.09 bits per heavy atom. The summed E-state index contributed by atoms with van der Waals surface area (Å²) in [4.78, 5) is 13.7. The van der Waals surface area contributed by atoms with Gasteiger partial charge in [-0.25, -0.2) is 0 Å². The van der Waals surface area contributed by atoms with Gasteiger partial charge < -0.3 is 15.5 Å². The van der Waals surface area contributed by atoms with Crippen LogP contribution in [0, 0.1) is 0 Å². The van der Waals surface area contributed by atoms with Crippen LogP contribution in [-0.2, 0) is 0 Å². The van der Waals surface area contributed by atoms with E-state index in [1.54, 1.807) is 6.07 Å². The highest BCUT2D eigenvalue weighted by molar-refractivity contribution is 7.17. The van der Waals surface area contributed by atoms with Crippen molar-refractivity contribution in [2.75, 3.05) is 13.2 Å². The Kier molecular flexibility index (Phi) is 4.71. The largest absolute Gasteiger partial charge is 0.394 e. The van der Waals surface area contributed by atoms with Crippen molar-refractivity contribution in [1.29, 1.82) is 0 Å². The molecule has 3 rings (SSSR count). The van der Waals surface area contributed by atoms with Gasteiger partial charge in [-0.05, 0) is 28.5 Å². The van der Waals surface area contributed by atoms with Crippen molar-refractivity contribution in [3.63, 3.8) is 0 Å². The molecule has 1 atom stereocenters. The minimum absolute atomic E-state index is 0.0385. The van der Waals surface area contributed by atoms with Crippen molar-refractivity contribution in [2.45, 2.75) is 6.10 Å². The first kappa shape index (κ1) is 15.7. The van der Waals surface area contributed by atoms with Gasteiger partial charge in [-0.15, -0.1) is 11.3 Å². The zero-order valence-electron chi connectivity index (χ0n) is 12.4. The molecule has 0 radical (unpaired) electrons. The highest BCUT2D eigenvalue weighted by atomic mass is 32.1. The van der Waals surface area contributed by atoms with Gasteiger partial charge in [0.1, 0.15) is 0 Å². The number of amides is 1. The minimum Gasteiger partial charge on any atom is -0.394 e. The first-order valence-corrected chi connectivity index (χ1v) is 8.16. The first-order chi connectivity index (χ1) is 11.2. The summed E-state index contributed by atoms with van der Waals surface area (Å²) in [5, 5.41) is 23.0. The number of aliphatic hydroxyl groups excluding tert-OH is 2. The molecule has 0 aliphatic rings. The summed E-state index contributed by atoms with van der Waals surface area (Å²) in [6.07, 6.45) is -0.934. The van der Waals surface area contributed by atoms with E-state index in [0.717, 1.165) is 21.2 Å². The molecule has 0 aliphatic carbocycles. The molecule has 3 aromatic rings. The molecule has 2 aromatic carbocycles. The molecule has 0 saturated heterocycles. The van der Waals surface area contributed by atoms with E-state index < -0.39 is 6.10 Å². The predicted octanol–water partition coefficient (Wildman–Crippen LogP) is 2.65. The molecule has 0 bridgehead atoms. The van der Waals surface area contributed by atoms with E-state index in [2.05, 4.69) is 23.5 Å². The monoisotopic (exact) mass is 327 g/mol. The number of carbonyl (C=O) groups is 1. The SMILES string of the molecule is O=C(NCC(O)CO)c1ccc(-c2cccc3ccccc23)s1. The lowest BCUT2D eigenvalue weighted by Crippen LogP contribution is -2.33. The van der Waals surface area contributed by atoms with E-state index in [4.69, 9.17) is 5.11 Å². The van der Waals surface area contributed by atoms with Gasteiger partial charge in [0.05, 0.1) is 17.6 Å². The van der Waals surface area contributed by atoms with Crippen molar-refractivity contribution in [3.05, 3.63) is 59.5 Å². The van der Waals surface area contributed by atoms with Crippen LogP contribution < -0.4 is 5.32 Å². The van der Waals surface area contributed by atoms with Gasteiger partial charge >= 0.3 is 0 Å². The lowest BCUT2D eigenvalue weighted by molar-refractivity contribution is 0.0804. The highest BCUT2D eigenvalue weighted by Crippen LogP contribution is 2.33. The number of aliphatic hydroxyl groups is 2. The molecular weight excluding hydrogens is 310 g/mol. The maximum Gasteiger partial charge on any atom is 0.261 e. The van der Waals surface area contributed by atoms with Crippen LogP contribution in [0.2, 0.25) is 0 Å². The third-order valence-corrected chi connectivity index (χ3v) is 4.71. The number of rotatable bonds is 5. The summed E-state index contributed by atoms with van der Waals surface area (Å²) in [7, 11) is 0. The molecule has 0 fully saturated rings. The van der Waals surface area contributed by atoms with E-state index in [1.165, 1.54) is 11.3 Å². The van der Waals surface area contributed by atoms with Crippen LogP contribution in [0.5, 0.6) is 0 Å². The summed E-state index contributed by atoms with van der Waals surface area (Å²) in [5.41, 5.74) is 1.10. The molecule has 3 N–H and O–H groups in total. The molecule has 1 heterocycles. The highest BCUT2D eigenvalue weighted by Gasteiger charge is 2.13. The molecule has 0 spiro atoms. The maximum atomic E-state index is 12.1. The smallest absolute Gasteiger partial charge is 0.261 e. The Morgan fingerprint density at radius 3 is 2.70 bits per heavy atom. The minimum atomic E-state index is -0.934. The number of benzene rings is 2. The standard InChI is InChI=1S/C18H17NO3S/c20-11-13(21)10-19-18(22)17-9-8-16(23-17)15-7-3-5-12-4-1-2-6-14(12)15/h1-9,13,20-21H,10-11H2,(H,19,22). The van der Waals surface area contributed by atoms with Crippen molar-refractivity contribution in [2.24, 2.45) is 0 Å². The zero-order valence-corrected chi connectivity index (χ0v) is 13.2. The summed E-state index contributed by atoms with van der Waals surface area (Å²) in [5.74, 6) is -0.242. The lowest BCUT2D eigenvalue weighted by atomic mass is 10.0. The van der Waals surface area contributed by atoms with E-state index in [9.17, 15) is 9.90 Å². The van der Waals surface area contributed by atoms with E-state index in [-0.39, 0.29) is 19.1 Å². The van der Waals surface area contributed by atoms with Gasteiger partial charge in [0.25, 0.3) is 5.91 Å². The van der Waals surface area contributed by atoms with Crippen molar-refractivity contribution in [1.82, 2.24) is 5.32 Å².